The second-order valence-corrected chi connectivity index (χ2v) is 5.76. The quantitative estimate of drug-likeness (QED) is 0.455. The minimum atomic E-state index is -1.28. The highest BCUT2D eigenvalue weighted by atomic mass is 16.5. The smallest absolute Gasteiger partial charge is 0.332 e. The number of carbonyl (C=O) groups is 4. The Bertz CT molecular complexity index is 734. The maximum atomic E-state index is 12.2. The summed E-state index contributed by atoms with van der Waals surface area (Å²) in [6.45, 7) is 0. The molecule has 9 nitrogen and oxygen atoms in total. The number of phenolic OH excluding ortho intramolecular Hbond substituents is 1. The van der Waals surface area contributed by atoms with Crippen LogP contribution in [0, 0.1) is 5.92 Å². The summed E-state index contributed by atoms with van der Waals surface area (Å²) in [4.78, 5) is 53.7. The fraction of sp³-hybridized carbons (Fsp3) is 0.353. The molecule has 0 bridgehead atoms. The van der Waals surface area contributed by atoms with Crippen molar-refractivity contribution in [2.45, 2.75) is 12.5 Å². The molecule has 1 heterocycles. The van der Waals surface area contributed by atoms with Gasteiger partial charge in [-0.1, -0.05) is 12.1 Å². The lowest BCUT2D eigenvalue weighted by atomic mass is 10.0. The molecule has 1 aromatic carbocycles. The number of hydrogen-bond acceptors (Lipinski definition) is 7. The van der Waals surface area contributed by atoms with Gasteiger partial charge in [-0.25, -0.2) is 9.59 Å². The van der Waals surface area contributed by atoms with E-state index in [1.54, 1.807) is 12.1 Å². The summed E-state index contributed by atoms with van der Waals surface area (Å²) in [7, 11) is 3.74. The van der Waals surface area contributed by atoms with E-state index in [9.17, 15) is 24.3 Å². The molecule has 2 rings (SSSR count). The molecule has 0 spiro atoms. The summed E-state index contributed by atoms with van der Waals surface area (Å²) in [5.41, 5.74) is 0.709. The number of methoxy groups -OCH3 is 1. The molecule has 1 aliphatic heterocycles. The first-order chi connectivity index (χ1) is 12.3. The average Bonchev–Trinajstić information content (AvgIpc) is 2.64. The lowest BCUT2D eigenvalue weighted by Crippen LogP contribution is -2.57. The SMILES string of the molecule is COC(=O)[C@@H](Cc1ccc(O)cc1)N=CC1C(=O)N(C)C(=O)N(C)C1=O. The Morgan fingerprint density at radius 3 is 2.23 bits per heavy atom. The Labute approximate surface area is 149 Å². The van der Waals surface area contributed by atoms with Gasteiger partial charge in [0.25, 0.3) is 0 Å². The predicted molar refractivity (Wildman–Crippen MR) is 90.5 cm³/mol. The fourth-order valence-electron chi connectivity index (χ4n) is 2.44. The molecule has 4 amide bonds. The van der Waals surface area contributed by atoms with Gasteiger partial charge in [0.2, 0.25) is 11.8 Å². The van der Waals surface area contributed by atoms with E-state index in [1.165, 1.54) is 33.3 Å². The van der Waals surface area contributed by atoms with Crippen LogP contribution >= 0.6 is 0 Å². The molecule has 1 fully saturated rings. The first kappa shape index (κ1) is 19.1. The standard InChI is InChI=1S/C17H19N3O6/c1-19-14(22)12(15(23)20(2)17(19)25)9-18-13(16(24)26-3)8-10-4-6-11(21)7-5-10/h4-7,9,12-13,21H,8H2,1-3H3/t13-/m1/s1. The Kier molecular flexibility index (Phi) is 5.71. The highest BCUT2D eigenvalue weighted by molar-refractivity contribution is 6.23. The van der Waals surface area contributed by atoms with E-state index in [0.717, 1.165) is 16.0 Å². The number of nitrogens with zero attached hydrogens (tertiary/aromatic N) is 3. The van der Waals surface area contributed by atoms with E-state index in [1.807, 2.05) is 0 Å². The van der Waals surface area contributed by atoms with Crippen LogP contribution in [0.15, 0.2) is 29.3 Å². The van der Waals surface area contributed by atoms with Gasteiger partial charge in [-0.15, -0.1) is 0 Å². The van der Waals surface area contributed by atoms with Gasteiger partial charge in [-0.2, -0.15) is 0 Å². The zero-order valence-corrected chi connectivity index (χ0v) is 14.6. The van der Waals surface area contributed by atoms with Crippen molar-refractivity contribution in [2.24, 2.45) is 10.9 Å². The maximum absolute atomic E-state index is 12.2. The molecule has 0 aromatic heterocycles. The first-order valence-corrected chi connectivity index (χ1v) is 7.74. The van der Waals surface area contributed by atoms with Crippen molar-refractivity contribution in [1.29, 1.82) is 0 Å². The van der Waals surface area contributed by atoms with Crippen LogP contribution in [0.1, 0.15) is 5.56 Å². The van der Waals surface area contributed by atoms with Crippen molar-refractivity contribution >= 4 is 30.0 Å². The monoisotopic (exact) mass is 361 g/mol. The molecular formula is C17H19N3O6. The van der Waals surface area contributed by atoms with E-state index in [0.29, 0.717) is 5.56 Å². The van der Waals surface area contributed by atoms with Crippen molar-refractivity contribution in [3.05, 3.63) is 29.8 Å². The average molecular weight is 361 g/mol. The van der Waals surface area contributed by atoms with Crippen LogP contribution in [0.2, 0.25) is 0 Å². The number of rotatable bonds is 5. The van der Waals surface area contributed by atoms with Crippen molar-refractivity contribution in [2.75, 3.05) is 21.2 Å². The number of amides is 4. The lowest BCUT2D eigenvalue weighted by molar-refractivity contribution is -0.145. The largest absolute Gasteiger partial charge is 0.508 e. The number of aliphatic imine (C=N–C) groups is 1. The van der Waals surface area contributed by atoms with Crippen LogP contribution in [0.25, 0.3) is 0 Å². The Hall–Kier alpha value is -3.23. The number of imide groups is 2. The number of benzene rings is 1. The third-order valence-electron chi connectivity index (χ3n) is 4.02. The van der Waals surface area contributed by atoms with E-state index in [4.69, 9.17) is 4.74 Å². The summed E-state index contributed by atoms with van der Waals surface area (Å²) in [5.74, 6) is -3.26. The van der Waals surface area contributed by atoms with Gasteiger partial charge in [-0.05, 0) is 17.7 Å². The lowest BCUT2D eigenvalue weighted by Gasteiger charge is -2.31. The minimum absolute atomic E-state index is 0.0843. The Balaban J connectivity index is 2.22. The van der Waals surface area contributed by atoms with Crippen molar-refractivity contribution < 1.29 is 29.0 Å². The van der Waals surface area contributed by atoms with Crippen LogP contribution in [0.3, 0.4) is 0 Å². The molecule has 0 aliphatic carbocycles. The Morgan fingerprint density at radius 2 is 1.73 bits per heavy atom. The molecule has 1 aliphatic rings. The highest BCUT2D eigenvalue weighted by Gasteiger charge is 2.41. The number of carbonyl (C=O) groups excluding carboxylic acids is 4. The number of phenols is 1. The molecule has 1 aromatic rings. The predicted octanol–water partition coefficient (Wildman–Crippen LogP) is 0.214. The van der Waals surface area contributed by atoms with Crippen molar-refractivity contribution in [1.82, 2.24) is 9.80 Å². The molecule has 0 radical (unpaired) electrons. The van der Waals surface area contributed by atoms with Gasteiger partial charge in [0, 0.05) is 26.7 Å². The molecule has 1 N–H and O–H groups in total. The third kappa shape index (κ3) is 3.88. The molecule has 1 atom stereocenters. The minimum Gasteiger partial charge on any atom is -0.508 e. The number of barbiturate groups is 1. The number of aromatic hydroxyl groups is 1. The molecule has 26 heavy (non-hydrogen) atoms. The molecule has 9 heteroatoms. The summed E-state index contributed by atoms with van der Waals surface area (Å²) in [6.07, 6.45) is 1.23. The normalized spacial score (nSPS) is 17.1. The number of hydrogen-bond donors (Lipinski definition) is 1. The second-order valence-electron chi connectivity index (χ2n) is 5.76. The first-order valence-electron chi connectivity index (χ1n) is 7.74. The van der Waals surface area contributed by atoms with Crippen molar-refractivity contribution in [3.8, 4) is 5.75 Å². The zero-order valence-electron chi connectivity index (χ0n) is 14.6. The molecule has 138 valence electrons. The van der Waals surface area contributed by atoms with Gasteiger partial charge < -0.3 is 9.84 Å². The van der Waals surface area contributed by atoms with Gasteiger partial charge >= 0.3 is 12.0 Å². The van der Waals surface area contributed by atoms with E-state index in [2.05, 4.69) is 4.99 Å². The maximum Gasteiger partial charge on any atom is 0.332 e. The number of urea groups is 1. The van der Waals surface area contributed by atoms with Crippen LogP contribution in [0.5, 0.6) is 5.75 Å². The van der Waals surface area contributed by atoms with Crippen LogP contribution in [-0.2, 0) is 25.5 Å². The van der Waals surface area contributed by atoms with Gasteiger partial charge in [0.1, 0.15) is 5.75 Å². The highest BCUT2D eigenvalue weighted by Crippen LogP contribution is 2.16. The number of esters is 1. The van der Waals surface area contributed by atoms with Gasteiger partial charge in [-0.3, -0.25) is 24.4 Å². The summed E-state index contributed by atoms with van der Waals surface area (Å²) >= 11 is 0. The van der Waals surface area contributed by atoms with Crippen molar-refractivity contribution in [3.63, 3.8) is 0 Å². The second kappa shape index (κ2) is 7.77. The topological polar surface area (TPSA) is 117 Å². The van der Waals surface area contributed by atoms with E-state index >= 15 is 0 Å². The van der Waals surface area contributed by atoms with Gasteiger partial charge in [0.05, 0.1) is 7.11 Å². The van der Waals surface area contributed by atoms with Crippen LogP contribution in [0.4, 0.5) is 4.79 Å². The van der Waals surface area contributed by atoms with Crippen LogP contribution in [-0.4, -0.2) is 72.2 Å². The molecular weight excluding hydrogens is 342 g/mol. The fourth-order valence-corrected chi connectivity index (χ4v) is 2.44. The summed E-state index contributed by atoms with van der Waals surface area (Å²) in [5, 5.41) is 9.32. The summed E-state index contributed by atoms with van der Waals surface area (Å²) < 4.78 is 4.71. The van der Waals surface area contributed by atoms with E-state index in [-0.39, 0.29) is 12.2 Å². The third-order valence-corrected chi connectivity index (χ3v) is 4.02. The number of ether oxygens (including phenoxy) is 1. The molecule has 0 saturated carbocycles. The van der Waals surface area contributed by atoms with Crippen LogP contribution < -0.4 is 0 Å². The molecule has 1 saturated heterocycles. The summed E-state index contributed by atoms with van der Waals surface area (Å²) in [6, 6.07) is 4.49. The Morgan fingerprint density at radius 1 is 1.19 bits per heavy atom. The van der Waals surface area contributed by atoms with Gasteiger partial charge in [0.15, 0.2) is 12.0 Å². The zero-order chi connectivity index (χ0) is 19.4. The van der Waals surface area contributed by atoms with E-state index < -0.39 is 35.8 Å². The molecule has 0 unspecified atom stereocenters.